The molecular weight excluding hydrogens is 292 g/mol. The van der Waals surface area contributed by atoms with Crippen LogP contribution in [0.15, 0.2) is 11.8 Å². The van der Waals surface area contributed by atoms with E-state index in [0.29, 0.717) is 16.7 Å². The predicted molar refractivity (Wildman–Crippen MR) is 86.0 cm³/mol. The lowest BCUT2D eigenvalue weighted by Crippen LogP contribution is -2.58. The Morgan fingerprint density at radius 3 is 2.48 bits per heavy atom. The van der Waals surface area contributed by atoms with E-state index in [9.17, 15) is 15.0 Å². The molecule has 0 aliphatic heterocycles. The number of thioether (sulfide) groups is 1. The van der Waals surface area contributed by atoms with Gasteiger partial charge in [0.05, 0.1) is 0 Å². The van der Waals surface area contributed by atoms with E-state index in [0.717, 1.165) is 0 Å². The summed E-state index contributed by atoms with van der Waals surface area (Å²) in [5.74, 6) is 0.310. The molecule has 7 heteroatoms. The van der Waals surface area contributed by atoms with Crippen LogP contribution in [0, 0.1) is 0 Å². The summed E-state index contributed by atoms with van der Waals surface area (Å²) >= 11 is 1.58. The number of hydrogen-bond acceptors (Lipinski definition) is 7. The molecule has 6 nitrogen and oxygen atoms in total. The molecule has 0 aliphatic carbocycles. The van der Waals surface area contributed by atoms with E-state index < -0.39 is 17.9 Å². The van der Waals surface area contributed by atoms with Gasteiger partial charge in [0.25, 0.3) is 0 Å². The minimum absolute atomic E-state index is 0.00207. The van der Waals surface area contributed by atoms with Crippen molar-refractivity contribution in [2.24, 2.45) is 5.73 Å². The molecule has 21 heavy (non-hydrogen) atoms. The van der Waals surface area contributed by atoms with Crippen molar-refractivity contribution in [3.63, 3.8) is 0 Å². The first kappa shape index (κ1) is 20.4. The van der Waals surface area contributed by atoms with Crippen LogP contribution in [0.4, 0.5) is 0 Å². The van der Waals surface area contributed by atoms with E-state index in [1.807, 2.05) is 13.8 Å². The van der Waals surface area contributed by atoms with Gasteiger partial charge in [0.15, 0.2) is 12.1 Å². The van der Waals surface area contributed by atoms with Crippen molar-refractivity contribution in [2.45, 2.75) is 50.4 Å². The first-order valence-electron chi connectivity index (χ1n) is 6.86. The highest BCUT2D eigenvalue weighted by atomic mass is 32.2. The number of hydrogen-bond donors (Lipinski definition) is 4. The van der Waals surface area contributed by atoms with Crippen LogP contribution in [0.25, 0.3) is 0 Å². The summed E-state index contributed by atoms with van der Waals surface area (Å²) in [7, 11) is 2.94. The van der Waals surface area contributed by atoms with Gasteiger partial charge in [-0.05, 0) is 18.2 Å². The van der Waals surface area contributed by atoms with Crippen LogP contribution in [0.1, 0.15) is 27.2 Å². The summed E-state index contributed by atoms with van der Waals surface area (Å²) < 4.78 is 4.87. The van der Waals surface area contributed by atoms with Crippen LogP contribution >= 0.6 is 11.8 Å². The number of nitrogens with two attached hydrogens (primary N) is 1. The number of aliphatic hydroxyl groups excluding tert-OH is 1. The average Bonchev–Trinajstić information content (AvgIpc) is 2.41. The lowest BCUT2D eigenvalue weighted by atomic mass is 9.89. The monoisotopic (exact) mass is 320 g/mol. The zero-order chi connectivity index (χ0) is 16.6. The van der Waals surface area contributed by atoms with E-state index in [2.05, 4.69) is 5.32 Å². The molecule has 0 radical (unpaired) electrons. The SMILES string of the molecule is CNC(=CC(C)=O)CC(O)(C(N)CSC(C)C)C(O)OC. The molecule has 0 aromatic carbocycles. The zero-order valence-electron chi connectivity index (χ0n) is 13.4. The van der Waals surface area contributed by atoms with Crippen LogP contribution < -0.4 is 11.1 Å². The van der Waals surface area contributed by atoms with Crippen LogP contribution in [-0.4, -0.2) is 59.1 Å². The molecule has 3 unspecified atom stereocenters. The molecule has 0 rings (SSSR count). The highest BCUT2D eigenvalue weighted by Gasteiger charge is 2.42. The summed E-state index contributed by atoms with van der Waals surface area (Å²) in [4.78, 5) is 11.2. The fourth-order valence-corrected chi connectivity index (χ4v) is 2.69. The Labute approximate surface area is 131 Å². The van der Waals surface area contributed by atoms with Crippen molar-refractivity contribution < 1.29 is 19.7 Å². The molecule has 0 heterocycles. The molecule has 0 spiro atoms. The fraction of sp³-hybridized carbons (Fsp3) is 0.786. The zero-order valence-corrected chi connectivity index (χ0v) is 14.2. The summed E-state index contributed by atoms with van der Waals surface area (Å²) in [6.45, 7) is 5.47. The fourth-order valence-electron chi connectivity index (χ4n) is 1.81. The Morgan fingerprint density at radius 2 is 2.10 bits per heavy atom. The van der Waals surface area contributed by atoms with Crippen LogP contribution in [0.2, 0.25) is 0 Å². The maximum Gasteiger partial charge on any atom is 0.185 e. The minimum atomic E-state index is -1.68. The Kier molecular flexibility index (Phi) is 9.15. The second kappa shape index (κ2) is 9.42. The van der Waals surface area contributed by atoms with Crippen LogP contribution in [0.5, 0.6) is 0 Å². The van der Waals surface area contributed by atoms with Crippen molar-refractivity contribution in [1.29, 1.82) is 0 Å². The Bertz CT molecular complexity index is 363. The number of ketones is 1. The minimum Gasteiger partial charge on any atom is -0.391 e. The van der Waals surface area contributed by atoms with Crippen molar-refractivity contribution in [2.75, 3.05) is 19.9 Å². The topological polar surface area (TPSA) is 105 Å². The molecule has 0 fully saturated rings. The van der Waals surface area contributed by atoms with Gasteiger partial charge in [0.2, 0.25) is 0 Å². The van der Waals surface area contributed by atoms with Gasteiger partial charge in [0, 0.05) is 38.1 Å². The lowest BCUT2D eigenvalue weighted by molar-refractivity contribution is -0.206. The van der Waals surface area contributed by atoms with Gasteiger partial charge in [0.1, 0.15) is 5.60 Å². The Morgan fingerprint density at radius 1 is 1.52 bits per heavy atom. The maximum absolute atomic E-state index is 11.2. The first-order chi connectivity index (χ1) is 9.67. The van der Waals surface area contributed by atoms with Gasteiger partial charge in [-0.3, -0.25) is 4.79 Å². The number of carbonyl (C=O) groups excluding carboxylic acids is 1. The van der Waals surface area contributed by atoms with Gasteiger partial charge in [-0.25, -0.2) is 0 Å². The predicted octanol–water partition coefficient (Wildman–Crippen LogP) is 0.234. The molecule has 0 saturated heterocycles. The molecule has 0 amide bonds. The van der Waals surface area contributed by atoms with Crippen molar-refractivity contribution in [3.05, 3.63) is 11.8 Å². The van der Waals surface area contributed by atoms with Crippen molar-refractivity contribution in [3.8, 4) is 0 Å². The third kappa shape index (κ3) is 6.80. The maximum atomic E-state index is 11.2. The molecule has 0 saturated carbocycles. The number of ether oxygens (including phenoxy) is 1. The highest BCUT2D eigenvalue weighted by Crippen LogP contribution is 2.26. The van der Waals surface area contributed by atoms with E-state index in [1.165, 1.54) is 20.1 Å². The second-order valence-electron chi connectivity index (χ2n) is 5.27. The van der Waals surface area contributed by atoms with E-state index in [1.54, 1.807) is 18.8 Å². The average molecular weight is 320 g/mol. The van der Waals surface area contributed by atoms with Gasteiger partial charge in [-0.2, -0.15) is 11.8 Å². The third-order valence-corrected chi connectivity index (χ3v) is 4.29. The summed E-state index contributed by atoms with van der Waals surface area (Å²) in [6.07, 6.45) is -0.0721. The second-order valence-corrected chi connectivity index (χ2v) is 6.88. The Hall–Kier alpha value is -0.600. The number of rotatable bonds is 10. The molecule has 0 aromatic heterocycles. The molecule has 0 aliphatic rings. The molecule has 5 N–H and O–H groups in total. The quantitative estimate of drug-likeness (QED) is 0.337. The van der Waals surface area contributed by atoms with Gasteiger partial charge >= 0.3 is 0 Å². The number of methoxy groups -OCH3 is 1. The van der Waals surface area contributed by atoms with Crippen molar-refractivity contribution >= 4 is 17.5 Å². The van der Waals surface area contributed by atoms with Gasteiger partial charge in [-0.15, -0.1) is 0 Å². The molecule has 0 bridgehead atoms. The normalized spacial score (nSPS) is 18.2. The largest absolute Gasteiger partial charge is 0.391 e. The standard InChI is InChI=1S/C14H28N2O4S/c1-9(2)21-8-12(15)14(19,13(18)20-5)7-11(16-4)6-10(3)17/h6,9,12-13,16,18-19H,7-8,15H2,1-5H3. The summed E-state index contributed by atoms with van der Waals surface area (Å²) in [5.41, 5.74) is 4.87. The first-order valence-corrected chi connectivity index (χ1v) is 7.91. The van der Waals surface area contributed by atoms with Crippen LogP contribution in [0.3, 0.4) is 0 Å². The smallest absolute Gasteiger partial charge is 0.185 e. The molecule has 124 valence electrons. The summed E-state index contributed by atoms with van der Waals surface area (Å²) in [5, 5.41) is 24.0. The van der Waals surface area contributed by atoms with Crippen molar-refractivity contribution in [1.82, 2.24) is 5.32 Å². The molecular formula is C14H28N2O4S. The summed E-state index contributed by atoms with van der Waals surface area (Å²) in [6, 6.07) is -0.705. The number of allylic oxidation sites excluding steroid dienone is 1. The van der Waals surface area contributed by atoms with E-state index in [4.69, 9.17) is 10.5 Å². The highest BCUT2D eigenvalue weighted by molar-refractivity contribution is 7.99. The number of carbonyl (C=O) groups is 1. The van der Waals surface area contributed by atoms with E-state index in [-0.39, 0.29) is 12.2 Å². The van der Waals surface area contributed by atoms with Gasteiger partial charge in [-0.1, -0.05) is 13.8 Å². The molecule has 3 atom stereocenters. The third-order valence-electron chi connectivity index (χ3n) is 3.07. The number of aliphatic hydroxyl groups is 2. The van der Waals surface area contributed by atoms with Gasteiger partial charge < -0.3 is 26.0 Å². The molecule has 0 aromatic rings. The Balaban J connectivity index is 5.19. The number of nitrogens with one attached hydrogen (secondary N) is 1. The lowest BCUT2D eigenvalue weighted by Gasteiger charge is -2.37. The van der Waals surface area contributed by atoms with E-state index >= 15 is 0 Å². The van der Waals surface area contributed by atoms with Crippen LogP contribution in [-0.2, 0) is 9.53 Å².